The minimum Gasteiger partial charge on any atom is -0.474 e. The number of pyridine rings is 1. The molecule has 10 nitrogen and oxygen atoms in total. The first kappa shape index (κ1) is 28.2. The third-order valence-electron chi connectivity index (χ3n) is 8.54. The van der Waals surface area contributed by atoms with Crippen molar-refractivity contribution < 1.29 is 23.0 Å². The van der Waals surface area contributed by atoms with Gasteiger partial charge in [-0.3, -0.25) is 9.58 Å². The van der Waals surface area contributed by atoms with Crippen LogP contribution < -0.4 is 15.4 Å². The van der Waals surface area contributed by atoms with Crippen molar-refractivity contribution in [1.29, 1.82) is 5.26 Å². The second-order valence-corrected chi connectivity index (χ2v) is 12.0. The summed E-state index contributed by atoms with van der Waals surface area (Å²) in [6, 6.07) is 4.87. The number of nitrogens with zero attached hydrogens (tertiary/aromatic N) is 6. The first-order valence-corrected chi connectivity index (χ1v) is 14.1. The van der Waals surface area contributed by atoms with Crippen molar-refractivity contribution in [3.05, 3.63) is 59.2 Å². The van der Waals surface area contributed by atoms with Crippen molar-refractivity contribution in [1.82, 2.24) is 30.3 Å². The highest BCUT2D eigenvalue weighted by atomic mass is 19.4. The van der Waals surface area contributed by atoms with Crippen LogP contribution in [0.4, 0.5) is 13.2 Å². The van der Waals surface area contributed by atoms with E-state index in [0.717, 1.165) is 35.7 Å². The molecule has 1 aliphatic carbocycles. The topological polar surface area (TPSA) is 124 Å². The van der Waals surface area contributed by atoms with Crippen LogP contribution in [-0.2, 0) is 17.3 Å². The second kappa shape index (κ2) is 10.4. The number of nitriles is 1. The van der Waals surface area contributed by atoms with E-state index in [-0.39, 0.29) is 29.8 Å². The van der Waals surface area contributed by atoms with Crippen molar-refractivity contribution in [2.24, 2.45) is 4.99 Å². The van der Waals surface area contributed by atoms with Gasteiger partial charge in [0.15, 0.2) is 0 Å². The van der Waals surface area contributed by atoms with Crippen molar-refractivity contribution in [2.45, 2.75) is 81.6 Å². The Bertz CT molecular complexity index is 1440. The van der Waals surface area contributed by atoms with E-state index in [2.05, 4.69) is 36.7 Å². The van der Waals surface area contributed by atoms with Gasteiger partial charge in [-0.05, 0) is 63.4 Å². The molecule has 0 aromatic carbocycles. The van der Waals surface area contributed by atoms with Crippen LogP contribution in [0.2, 0.25) is 0 Å². The molecule has 42 heavy (non-hydrogen) atoms. The Kier molecular flexibility index (Phi) is 7.01. The molecule has 2 fully saturated rings. The Balaban J connectivity index is 1.09. The number of fused-ring (bicyclic) bond motifs is 1. The number of hydrogen-bond donors (Lipinski definition) is 3. The van der Waals surface area contributed by atoms with Crippen LogP contribution in [-0.4, -0.2) is 62.5 Å². The summed E-state index contributed by atoms with van der Waals surface area (Å²) < 4.78 is 48.2. The maximum absolute atomic E-state index is 13.4. The molecule has 0 spiro atoms. The molecular weight excluding hydrogens is 549 g/mol. The number of aliphatic imine (C=N–C) groups is 1. The highest BCUT2D eigenvalue weighted by Crippen LogP contribution is 2.39. The number of aromatic nitrogens is 3. The van der Waals surface area contributed by atoms with Crippen LogP contribution >= 0.6 is 0 Å². The van der Waals surface area contributed by atoms with Crippen LogP contribution in [0.15, 0.2) is 47.4 Å². The average Bonchev–Trinajstić information content (AvgIpc) is 3.60. The van der Waals surface area contributed by atoms with Gasteiger partial charge in [-0.2, -0.15) is 23.5 Å². The van der Waals surface area contributed by atoms with Gasteiger partial charge in [-0.15, -0.1) is 0 Å². The van der Waals surface area contributed by atoms with Crippen LogP contribution in [0, 0.1) is 11.3 Å². The zero-order valence-electron chi connectivity index (χ0n) is 23.4. The number of aliphatic hydroxyl groups is 1. The third kappa shape index (κ3) is 5.36. The predicted octanol–water partition coefficient (Wildman–Crippen LogP) is 3.62. The molecule has 5 heterocycles. The normalized spacial score (nSPS) is 25.3. The smallest absolute Gasteiger partial charge is 0.433 e. The minimum absolute atomic E-state index is 0.102. The van der Waals surface area contributed by atoms with Gasteiger partial charge >= 0.3 is 6.18 Å². The van der Waals surface area contributed by atoms with Gasteiger partial charge in [0.1, 0.15) is 23.5 Å². The Morgan fingerprint density at radius 2 is 1.95 bits per heavy atom. The average molecular weight is 583 g/mol. The number of hydrogen-bond acceptors (Lipinski definition) is 9. The largest absolute Gasteiger partial charge is 0.474 e. The number of nitrogens with one attached hydrogen (secondary N) is 2. The van der Waals surface area contributed by atoms with Gasteiger partial charge in [-0.1, -0.05) is 0 Å². The lowest BCUT2D eigenvalue weighted by molar-refractivity contribution is -0.141. The number of ether oxygens (including phenoxy) is 1. The van der Waals surface area contributed by atoms with Crippen molar-refractivity contribution in [3.63, 3.8) is 0 Å². The lowest BCUT2D eigenvalue weighted by atomic mass is 9.82. The summed E-state index contributed by atoms with van der Waals surface area (Å²) in [4.78, 5) is 10.4. The van der Waals surface area contributed by atoms with E-state index in [0.29, 0.717) is 32.4 Å². The molecule has 0 radical (unpaired) electrons. The molecular formula is C29H33F3N8O2. The summed E-state index contributed by atoms with van der Waals surface area (Å²) in [7, 11) is 0. The van der Waals surface area contributed by atoms with E-state index in [1.807, 2.05) is 29.4 Å². The van der Waals surface area contributed by atoms with E-state index >= 15 is 0 Å². The zero-order valence-corrected chi connectivity index (χ0v) is 23.4. The maximum atomic E-state index is 13.4. The summed E-state index contributed by atoms with van der Waals surface area (Å²) in [5, 5.41) is 31.0. The van der Waals surface area contributed by atoms with E-state index in [4.69, 9.17) is 4.74 Å². The van der Waals surface area contributed by atoms with Gasteiger partial charge < -0.3 is 20.5 Å². The van der Waals surface area contributed by atoms with E-state index in [1.54, 1.807) is 6.34 Å². The molecule has 4 aliphatic rings. The fourth-order valence-corrected chi connectivity index (χ4v) is 6.19. The van der Waals surface area contributed by atoms with Gasteiger partial charge in [-0.25, -0.2) is 9.98 Å². The van der Waals surface area contributed by atoms with Crippen molar-refractivity contribution in [3.8, 4) is 11.9 Å². The zero-order chi connectivity index (χ0) is 29.7. The van der Waals surface area contributed by atoms with Gasteiger partial charge in [0.05, 0.1) is 36.3 Å². The highest BCUT2D eigenvalue weighted by Gasteiger charge is 2.48. The minimum atomic E-state index is -4.65. The molecule has 13 heteroatoms. The lowest BCUT2D eigenvalue weighted by Gasteiger charge is -2.53. The van der Waals surface area contributed by atoms with E-state index in [9.17, 15) is 23.5 Å². The molecule has 6 rings (SSSR count). The molecule has 222 valence electrons. The summed E-state index contributed by atoms with van der Waals surface area (Å²) in [6.45, 7) is 4.24. The molecule has 1 unspecified atom stereocenters. The summed E-state index contributed by atoms with van der Waals surface area (Å²) in [5.41, 5.74) is 0.0401. The Hall–Kier alpha value is -3.89. The highest BCUT2D eigenvalue weighted by molar-refractivity contribution is 5.82. The summed E-state index contributed by atoms with van der Waals surface area (Å²) in [5.74, 6) is -0.123. The first-order chi connectivity index (χ1) is 19.9. The SMILES string of the molecule is CC(C)(O)c1cc(OC2CCC(N3CC(CC#N)(n4cc(C5=C6C=CNC6N=CN5)cn4)C3)CC2)nc(C(F)(F)F)c1. The number of alkyl halides is 3. The molecule has 2 aromatic heterocycles. The quantitative estimate of drug-likeness (QED) is 0.453. The predicted molar refractivity (Wildman–Crippen MR) is 148 cm³/mol. The molecule has 3 aliphatic heterocycles. The molecule has 1 saturated carbocycles. The summed E-state index contributed by atoms with van der Waals surface area (Å²) >= 11 is 0. The maximum Gasteiger partial charge on any atom is 0.433 e. The number of likely N-dealkylation sites (tertiary alicyclic amines) is 1. The fourth-order valence-electron chi connectivity index (χ4n) is 6.19. The Morgan fingerprint density at radius 1 is 1.19 bits per heavy atom. The number of halogens is 3. The third-order valence-corrected chi connectivity index (χ3v) is 8.54. The van der Waals surface area contributed by atoms with Crippen molar-refractivity contribution in [2.75, 3.05) is 13.1 Å². The monoisotopic (exact) mass is 582 g/mol. The molecule has 0 bridgehead atoms. The number of rotatable bonds is 7. The molecule has 3 N–H and O–H groups in total. The Labute approximate surface area is 241 Å². The second-order valence-electron chi connectivity index (χ2n) is 12.0. The molecule has 1 atom stereocenters. The van der Waals surface area contributed by atoms with Crippen molar-refractivity contribution >= 4 is 12.0 Å². The molecule has 0 amide bonds. The van der Waals surface area contributed by atoms with E-state index in [1.165, 1.54) is 19.9 Å². The standard InChI is InChI=1S/C29H33F3N8O2/c1-27(2,41)19-11-23(29(30,31)32)38-24(12-19)42-21-5-3-20(4-6-21)39-15-28(16-39,8-9-33)40-14-18(13-37-40)25-22-7-10-34-26(22)36-17-35-25/h7,10-14,17,20-21,26,34,41H,3-6,8,15-16H2,1-2H3,(H,35,36). The van der Waals surface area contributed by atoms with Gasteiger partial charge in [0.2, 0.25) is 5.88 Å². The lowest BCUT2D eigenvalue weighted by Crippen LogP contribution is -2.65. The summed E-state index contributed by atoms with van der Waals surface area (Å²) in [6.07, 6.45) is 7.61. The van der Waals surface area contributed by atoms with Gasteiger partial charge in [0.25, 0.3) is 0 Å². The molecule has 2 aromatic rings. The van der Waals surface area contributed by atoms with Crippen LogP contribution in [0.1, 0.15) is 62.8 Å². The molecule has 1 saturated heterocycles. The van der Waals surface area contributed by atoms with E-state index < -0.39 is 23.0 Å². The van der Waals surface area contributed by atoms with Crippen LogP contribution in [0.25, 0.3) is 5.70 Å². The van der Waals surface area contributed by atoms with Gasteiger partial charge in [0, 0.05) is 42.5 Å². The fraction of sp³-hybridized carbons (Fsp3) is 0.517. The van der Waals surface area contributed by atoms with Crippen LogP contribution in [0.5, 0.6) is 5.88 Å². The first-order valence-electron chi connectivity index (χ1n) is 14.1. The van der Waals surface area contributed by atoms with Crippen LogP contribution in [0.3, 0.4) is 0 Å². The Morgan fingerprint density at radius 3 is 2.64 bits per heavy atom.